The van der Waals surface area contributed by atoms with E-state index in [1.807, 2.05) is 42.5 Å². The molecule has 5 heteroatoms. The van der Waals surface area contributed by atoms with E-state index in [1.54, 1.807) is 24.3 Å². The number of aromatic hydroxyl groups is 2. The van der Waals surface area contributed by atoms with Gasteiger partial charge in [0.05, 0.1) is 27.3 Å². The van der Waals surface area contributed by atoms with E-state index in [9.17, 15) is 15.0 Å². The molecule has 1 aliphatic rings. The van der Waals surface area contributed by atoms with Crippen LogP contribution < -0.4 is 5.43 Å². The molecule has 4 aromatic carbocycles. The second kappa shape index (κ2) is 9.40. The van der Waals surface area contributed by atoms with E-state index >= 15 is 0 Å². The largest absolute Gasteiger partial charge is 0.508 e. The smallest absolute Gasteiger partial charge is 0.197 e. The molecule has 36 heavy (non-hydrogen) atoms. The summed E-state index contributed by atoms with van der Waals surface area (Å²) < 4.78 is 2.41. The van der Waals surface area contributed by atoms with Crippen LogP contribution in [-0.4, -0.2) is 14.8 Å². The molecule has 1 heterocycles. The average Bonchev–Trinajstić information content (AvgIpc) is 2.92. The quantitative estimate of drug-likeness (QED) is 0.206. The minimum absolute atomic E-state index is 0.0643. The average molecular weight is 495 g/mol. The van der Waals surface area contributed by atoms with Gasteiger partial charge in [0.25, 0.3) is 0 Å². The Bertz CT molecular complexity index is 1550. The molecule has 2 N–H and O–H groups in total. The number of hydrogen-bond donors (Lipinski definition) is 2. The first kappa shape index (κ1) is 22.7. The summed E-state index contributed by atoms with van der Waals surface area (Å²) in [5.41, 5.74) is 2.08. The highest BCUT2D eigenvalue weighted by atomic mass is 32.2. The molecule has 0 bridgehead atoms. The molecule has 0 atom stereocenters. The van der Waals surface area contributed by atoms with Crippen molar-refractivity contribution in [3.05, 3.63) is 101 Å². The molecule has 0 spiro atoms. The highest BCUT2D eigenvalue weighted by Gasteiger charge is 2.30. The summed E-state index contributed by atoms with van der Waals surface area (Å²) in [6, 6.07) is 29.2. The Morgan fingerprint density at radius 2 is 1.19 bits per heavy atom. The summed E-state index contributed by atoms with van der Waals surface area (Å²) in [5, 5.41) is 21.3. The van der Waals surface area contributed by atoms with Gasteiger partial charge in [0, 0.05) is 17.5 Å². The lowest BCUT2D eigenvalue weighted by Gasteiger charge is -2.28. The van der Waals surface area contributed by atoms with Gasteiger partial charge >= 0.3 is 0 Å². The molecule has 0 amide bonds. The number of fused-ring (bicyclic) bond motifs is 2. The normalized spacial score (nSPS) is 14.6. The maximum atomic E-state index is 13.8. The molecule has 0 unspecified atom stereocenters. The molecule has 1 aromatic heterocycles. The fourth-order valence-electron chi connectivity index (χ4n) is 5.49. The summed E-state index contributed by atoms with van der Waals surface area (Å²) in [7, 11) is -0.511. The van der Waals surface area contributed by atoms with E-state index in [2.05, 4.69) is 28.8 Å². The monoisotopic (exact) mass is 494 g/mol. The maximum absolute atomic E-state index is 13.8. The molecule has 0 saturated heterocycles. The number of phenolic OH excluding ortho intramolecular Hbond substituents is 2. The van der Waals surface area contributed by atoms with Crippen LogP contribution in [-0.2, 0) is 10.9 Å². The van der Waals surface area contributed by atoms with Gasteiger partial charge in [0.1, 0.15) is 11.5 Å². The zero-order valence-corrected chi connectivity index (χ0v) is 20.7. The predicted molar refractivity (Wildman–Crippen MR) is 146 cm³/mol. The van der Waals surface area contributed by atoms with Crippen molar-refractivity contribution in [2.24, 2.45) is 0 Å². The number of para-hydroxylation sites is 1. The number of aromatic nitrogens is 1. The Kier molecular flexibility index (Phi) is 5.94. The third-order valence-corrected chi connectivity index (χ3v) is 9.41. The summed E-state index contributed by atoms with van der Waals surface area (Å²) in [5.74, 6) is 0.432. The Balaban J connectivity index is 1.60. The number of pyridine rings is 1. The Hall–Kier alpha value is -3.70. The van der Waals surface area contributed by atoms with Crippen molar-refractivity contribution in [3.63, 3.8) is 0 Å². The zero-order valence-electron chi connectivity index (χ0n) is 19.9. The first-order valence-electron chi connectivity index (χ1n) is 12.5. The molecular weight excluding hydrogens is 466 g/mol. The molecule has 1 saturated carbocycles. The van der Waals surface area contributed by atoms with Crippen molar-refractivity contribution in [2.75, 3.05) is 0 Å². The van der Waals surface area contributed by atoms with Crippen LogP contribution in [0, 0.1) is 0 Å². The molecule has 0 aliphatic heterocycles. The topological polar surface area (TPSA) is 62.5 Å². The van der Waals surface area contributed by atoms with Crippen LogP contribution in [0.5, 0.6) is 11.5 Å². The third kappa shape index (κ3) is 4.03. The molecular formula is C31H28NO3S+. The van der Waals surface area contributed by atoms with E-state index in [-0.39, 0.29) is 16.9 Å². The highest BCUT2D eigenvalue weighted by molar-refractivity contribution is 7.97. The predicted octanol–water partition coefficient (Wildman–Crippen LogP) is 7.17. The van der Waals surface area contributed by atoms with Gasteiger partial charge in [0.15, 0.2) is 20.1 Å². The molecule has 0 radical (unpaired) electrons. The highest BCUT2D eigenvalue weighted by Crippen LogP contribution is 2.37. The lowest BCUT2D eigenvalue weighted by molar-refractivity contribution is 0.366. The van der Waals surface area contributed by atoms with E-state index in [0.29, 0.717) is 6.04 Å². The van der Waals surface area contributed by atoms with Gasteiger partial charge in [-0.2, -0.15) is 0 Å². The zero-order chi connectivity index (χ0) is 24.6. The van der Waals surface area contributed by atoms with Crippen LogP contribution in [0.25, 0.3) is 21.8 Å². The first-order valence-corrected chi connectivity index (χ1v) is 13.7. The van der Waals surface area contributed by atoms with E-state index < -0.39 is 10.9 Å². The van der Waals surface area contributed by atoms with Crippen molar-refractivity contribution in [3.8, 4) is 11.5 Å². The summed E-state index contributed by atoms with van der Waals surface area (Å²) >= 11 is 0. The Morgan fingerprint density at radius 3 is 1.83 bits per heavy atom. The lowest BCUT2D eigenvalue weighted by atomic mass is 9.94. The summed E-state index contributed by atoms with van der Waals surface area (Å²) in [6.45, 7) is 0. The second-order valence-electron chi connectivity index (χ2n) is 9.48. The number of rotatable bonds is 4. The van der Waals surface area contributed by atoms with Crippen LogP contribution in [0.1, 0.15) is 38.1 Å². The van der Waals surface area contributed by atoms with Gasteiger partial charge in [-0.25, -0.2) is 0 Å². The maximum Gasteiger partial charge on any atom is 0.197 e. The van der Waals surface area contributed by atoms with Gasteiger partial charge < -0.3 is 14.8 Å². The van der Waals surface area contributed by atoms with Gasteiger partial charge in [-0.05, 0) is 85.6 Å². The molecule has 6 rings (SSSR count). The molecule has 5 aromatic rings. The van der Waals surface area contributed by atoms with Crippen LogP contribution in [0.3, 0.4) is 0 Å². The Labute approximate surface area is 212 Å². The van der Waals surface area contributed by atoms with Crippen LogP contribution in [0.2, 0.25) is 0 Å². The summed E-state index contributed by atoms with van der Waals surface area (Å²) in [4.78, 5) is 16.9. The minimum atomic E-state index is -0.511. The molecule has 1 aliphatic carbocycles. The van der Waals surface area contributed by atoms with Gasteiger partial charge in [-0.3, -0.25) is 4.79 Å². The lowest BCUT2D eigenvalue weighted by Crippen LogP contribution is -2.18. The molecule has 4 nitrogen and oxygen atoms in total. The Morgan fingerprint density at radius 1 is 0.639 bits per heavy atom. The van der Waals surface area contributed by atoms with Crippen molar-refractivity contribution in [2.45, 2.75) is 52.8 Å². The number of benzene rings is 4. The van der Waals surface area contributed by atoms with Gasteiger partial charge in [0.2, 0.25) is 0 Å². The molecule has 1 fully saturated rings. The standard InChI is InChI=1S/C31H27NO3S/c33-22-10-14-24(15-11-22)36(25-16-12-23(34)13-17-25)26-18-19-30-28(20-26)31(35)27-8-4-5-9-29(27)32(30)21-6-2-1-3-7-21/h4-5,8-21H,1-3,6-7H2,(H-,33,34)/p+1. The van der Waals surface area contributed by atoms with Crippen LogP contribution >= 0.6 is 0 Å². The van der Waals surface area contributed by atoms with Crippen LogP contribution in [0.15, 0.2) is 110 Å². The molecule has 180 valence electrons. The van der Waals surface area contributed by atoms with Crippen molar-refractivity contribution in [1.82, 2.24) is 4.57 Å². The fraction of sp³-hybridized carbons (Fsp3) is 0.194. The van der Waals surface area contributed by atoms with Crippen molar-refractivity contribution >= 4 is 32.7 Å². The first-order chi connectivity index (χ1) is 17.6. The van der Waals surface area contributed by atoms with E-state index in [0.717, 1.165) is 49.3 Å². The van der Waals surface area contributed by atoms with Crippen LogP contribution in [0.4, 0.5) is 0 Å². The minimum Gasteiger partial charge on any atom is -0.508 e. The number of phenols is 2. The summed E-state index contributed by atoms with van der Waals surface area (Å²) in [6.07, 6.45) is 5.98. The van der Waals surface area contributed by atoms with E-state index in [4.69, 9.17) is 0 Å². The van der Waals surface area contributed by atoms with E-state index in [1.165, 1.54) is 19.3 Å². The van der Waals surface area contributed by atoms with Gasteiger partial charge in [-0.15, -0.1) is 0 Å². The van der Waals surface area contributed by atoms with Gasteiger partial charge in [-0.1, -0.05) is 31.4 Å². The third-order valence-electron chi connectivity index (χ3n) is 7.20. The second-order valence-corrected chi connectivity index (χ2v) is 11.5. The van der Waals surface area contributed by atoms with Crippen molar-refractivity contribution in [1.29, 1.82) is 0 Å². The number of hydrogen-bond acceptors (Lipinski definition) is 3. The SMILES string of the molecule is O=c1c2ccccc2n(C2CCCCC2)c2ccc([S+](c3ccc(O)cc3)c3ccc(O)cc3)cc12. The number of nitrogens with zero attached hydrogens (tertiary/aromatic N) is 1. The van der Waals surface area contributed by atoms with Crippen molar-refractivity contribution < 1.29 is 10.2 Å². The fourth-order valence-corrected chi connectivity index (χ4v) is 7.56.